The lowest BCUT2D eigenvalue weighted by molar-refractivity contribution is -0.0507. The third-order valence-corrected chi connectivity index (χ3v) is 4.71. The minimum atomic E-state index is -0.680. The average Bonchev–Trinajstić information content (AvgIpc) is 2.27. The Morgan fingerprint density at radius 2 is 1.00 bits per heavy atom. The summed E-state index contributed by atoms with van der Waals surface area (Å²) in [7, 11) is 0. The lowest BCUT2D eigenvalue weighted by Gasteiger charge is -2.48. The van der Waals surface area contributed by atoms with E-state index in [0.717, 1.165) is 0 Å². The van der Waals surface area contributed by atoms with Crippen molar-refractivity contribution in [2.75, 3.05) is 0 Å². The first-order chi connectivity index (χ1) is 8.92. The summed E-state index contributed by atoms with van der Waals surface area (Å²) < 4.78 is 0. The van der Waals surface area contributed by atoms with E-state index < -0.39 is 24.4 Å². The van der Waals surface area contributed by atoms with Crippen molar-refractivity contribution in [1.29, 1.82) is 0 Å². The fraction of sp³-hybridized carbons (Fsp3) is 0.733. The van der Waals surface area contributed by atoms with Gasteiger partial charge in [-0.1, -0.05) is 12.2 Å². The topological polar surface area (TPSA) is 80.9 Å². The van der Waals surface area contributed by atoms with Crippen molar-refractivity contribution in [1.82, 2.24) is 0 Å². The molecule has 4 unspecified atom stereocenters. The average molecular weight is 268 g/mol. The molecule has 0 aliphatic heterocycles. The van der Waals surface area contributed by atoms with Crippen molar-refractivity contribution >= 4 is 0 Å². The molecule has 4 heteroatoms. The fourth-order valence-electron chi connectivity index (χ4n) is 3.83. The van der Waals surface area contributed by atoms with Gasteiger partial charge in [0.25, 0.3) is 0 Å². The van der Waals surface area contributed by atoms with Gasteiger partial charge in [-0.2, -0.15) is 0 Å². The van der Waals surface area contributed by atoms with Crippen molar-refractivity contribution in [3.05, 3.63) is 23.3 Å². The van der Waals surface area contributed by atoms with Crippen molar-refractivity contribution in [2.24, 2.45) is 5.41 Å². The molecule has 2 fully saturated rings. The second-order valence-electron chi connectivity index (χ2n) is 5.96. The van der Waals surface area contributed by atoms with Gasteiger partial charge in [0, 0.05) is 0 Å². The lowest BCUT2D eigenvalue weighted by Crippen LogP contribution is -2.48. The molecule has 4 N–H and O–H groups in total. The first-order valence-corrected chi connectivity index (χ1v) is 6.97. The molecule has 2 aliphatic rings. The maximum atomic E-state index is 10.1. The highest BCUT2D eigenvalue weighted by Crippen LogP contribution is 2.50. The van der Waals surface area contributed by atoms with Crippen molar-refractivity contribution in [3.8, 4) is 0 Å². The van der Waals surface area contributed by atoms with Gasteiger partial charge in [0.15, 0.2) is 0 Å². The van der Waals surface area contributed by atoms with E-state index in [1.54, 1.807) is 12.2 Å². The molecule has 0 radical (unpaired) electrons. The molecule has 1 spiro atoms. The molecule has 108 valence electrons. The maximum Gasteiger partial charge on any atom is 0.0780 e. The molecule has 0 aromatic heterocycles. The van der Waals surface area contributed by atoms with Gasteiger partial charge >= 0.3 is 0 Å². The molecule has 2 aliphatic carbocycles. The Morgan fingerprint density at radius 3 is 1.21 bits per heavy atom. The number of aliphatic hydroxyl groups is 4. The highest BCUT2D eigenvalue weighted by atomic mass is 16.3. The van der Waals surface area contributed by atoms with E-state index in [4.69, 9.17) is 0 Å². The van der Waals surface area contributed by atoms with Gasteiger partial charge in [0.1, 0.15) is 0 Å². The highest BCUT2D eigenvalue weighted by molar-refractivity contribution is 5.24. The van der Waals surface area contributed by atoms with Crippen LogP contribution < -0.4 is 0 Å². The zero-order chi connectivity index (χ0) is 14.2. The predicted molar refractivity (Wildman–Crippen MR) is 72.4 cm³/mol. The monoisotopic (exact) mass is 268 g/mol. The van der Waals surface area contributed by atoms with Gasteiger partial charge in [-0.05, 0) is 56.1 Å². The minimum Gasteiger partial charge on any atom is -0.389 e. The summed E-state index contributed by atoms with van der Waals surface area (Å²) in [4.78, 5) is 0. The van der Waals surface area contributed by atoms with E-state index >= 15 is 0 Å². The van der Waals surface area contributed by atoms with Crippen LogP contribution in [0.3, 0.4) is 0 Å². The zero-order valence-corrected chi connectivity index (χ0v) is 11.6. The smallest absolute Gasteiger partial charge is 0.0780 e. The third-order valence-electron chi connectivity index (χ3n) is 4.71. The molecule has 0 aromatic rings. The Labute approximate surface area is 114 Å². The number of allylic oxidation sites excluding steroid dienone is 2. The first kappa shape index (κ1) is 14.7. The van der Waals surface area contributed by atoms with Crippen LogP contribution in [0.2, 0.25) is 0 Å². The van der Waals surface area contributed by atoms with Gasteiger partial charge in [0.2, 0.25) is 0 Å². The lowest BCUT2D eigenvalue weighted by atomic mass is 9.60. The van der Waals surface area contributed by atoms with Crippen LogP contribution in [0.1, 0.15) is 39.5 Å². The van der Waals surface area contributed by atoms with Gasteiger partial charge in [0.05, 0.1) is 24.4 Å². The quantitative estimate of drug-likeness (QED) is 0.492. The molecule has 0 amide bonds. The van der Waals surface area contributed by atoms with Crippen LogP contribution in [0.15, 0.2) is 23.3 Å². The molecule has 2 saturated carbocycles. The van der Waals surface area contributed by atoms with Crippen molar-refractivity contribution < 1.29 is 20.4 Å². The largest absolute Gasteiger partial charge is 0.389 e. The summed E-state index contributed by atoms with van der Waals surface area (Å²) >= 11 is 0. The summed E-state index contributed by atoms with van der Waals surface area (Å²) in [6.07, 6.45) is 2.78. The second-order valence-corrected chi connectivity index (χ2v) is 5.96. The first-order valence-electron chi connectivity index (χ1n) is 6.97. The van der Waals surface area contributed by atoms with Crippen LogP contribution in [0.4, 0.5) is 0 Å². The molecule has 0 bridgehead atoms. The summed E-state index contributed by atoms with van der Waals surface area (Å²) in [5.74, 6) is 0. The molecule has 0 heterocycles. The van der Waals surface area contributed by atoms with Gasteiger partial charge in [-0.15, -0.1) is 0 Å². The SMILES string of the molecule is CC=C1C(O)CC2(CC1O)CC(O)C(=CC)C(O)C2. The molecule has 0 aromatic carbocycles. The summed E-state index contributed by atoms with van der Waals surface area (Å²) in [5.41, 5.74) is 0.939. The van der Waals surface area contributed by atoms with Crippen molar-refractivity contribution in [2.45, 2.75) is 63.9 Å². The van der Waals surface area contributed by atoms with Gasteiger partial charge in [-0.25, -0.2) is 0 Å². The summed E-state index contributed by atoms with van der Waals surface area (Å²) in [6, 6.07) is 0. The Kier molecular flexibility index (Phi) is 4.16. The number of rotatable bonds is 0. The van der Waals surface area contributed by atoms with Crippen molar-refractivity contribution in [3.63, 3.8) is 0 Å². The number of hydrogen-bond donors (Lipinski definition) is 4. The van der Waals surface area contributed by atoms with Crippen LogP contribution in [0.5, 0.6) is 0 Å². The third kappa shape index (κ3) is 2.63. The van der Waals surface area contributed by atoms with E-state index in [1.165, 1.54) is 0 Å². The Balaban J connectivity index is 2.22. The second kappa shape index (κ2) is 5.37. The van der Waals surface area contributed by atoms with Crippen LogP contribution in [0, 0.1) is 5.41 Å². The molecular weight excluding hydrogens is 244 g/mol. The van der Waals surface area contributed by atoms with Gasteiger partial charge < -0.3 is 20.4 Å². The van der Waals surface area contributed by atoms with E-state index in [0.29, 0.717) is 36.8 Å². The van der Waals surface area contributed by atoms with E-state index in [-0.39, 0.29) is 5.41 Å². The summed E-state index contributed by atoms with van der Waals surface area (Å²) in [5, 5.41) is 40.6. The molecule has 0 saturated heterocycles. The van der Waals surface area contributed by atoms with E-state index in [9.17, 15) is 20.4 Å². The summed E-state index contributed by atoms with van der Waals surface area (Å²) in [6.45, 7) is 3.62. The van der Waals surface area contributed by atoms with E-state index in [2.05, 4.69) is 0 Å². The molecule has 19 heavy (non-hydrogen) atoms. The maximum absolute atomic E-state index is 10.1. The predicted octanol–water partition coefficient (Wildman–Crippen LogP) is 0.897. The minimum absolute atomic E-state index is 0.378. The molecule has 4 atom stereocenters. The van der Waals surface area contributed by atoms with Crippen LogP contribution >= 0.6 is 0 Å². The number of hydrogen-bond acceptors (Lipinski definition) is 4. The Hall–Kier alpha value is -0.680. The zero-order valence-electron chi connectivity index (χ0n) is 11.6. The van der Waals surface area contributed by atoms with Crippen LogP contribution in [-0.4, -0.2) is 44.8 Å². The van der Waals surface area contributed by atoms with Crippen LogP contribution in [-0.2, 0) is 0 Å². The molecule has 4 nitrogen and oxygen atoms in total. The van der Waals surface area contributed by atoms with Gasteiger partial charge in [-0.3, -0.25) is 0 Å². The highest BCUT2D eigenvalue weighted by Gasteiger charge is 2.48. The fourth-order valence-corrected chi connectivity index (χ4v) is 3.83. The number of aliphatic hydroxyl groups excluding tert-OH is 4. The Morgan fingerprint density at radius 1 is 0.737 bits per heavy atom. The molecule has 2 rings (SSSR count). The standard InChI is InChI=1S/C15H24O4/c1-3-9-11(16)5-15(6-12(9)17)7-13(18)10(4-2)14(19)8-15/h3-4,11-14,16-19H,5-8H2,1-2H3. The Bertz CT molecular complexity index is 329. The van der Waals surface area contributed by atoms with E-state index in [1.807, 2.05) is 13.8 Å². The molecular formula is C15H24O4. The van der Waals surface area contributed by atoms with Crippen LogP contribution in [0.25, 0.3) is 0 Å². The normalized spacial score (nSPS) is 43.5.